The minimum Gasteiger partial charge on any atom is -0.412 e. The fourth-order valence-electron chi connectivity index (χ4n) is 1.42. The van der Waals surface area contributed by atoms with Gasteiger partial charge in [0.25, 0.3) is 0 Å². The van der Waals surface area contributed by atoms with Crippen molar-refractivity contribution < 1.29 is 4.43 Å². The van der Waals surface area contributed by atoms with E-state index in [4.69, 9.17) is 16.0 Å². The van der Waals surface area contributed by atoms with Gasteiger partial charge in [-0.2, -0.15) is 0 Å². The highest BCUT2D eigenvalue weighted by Crippen LogP contribution is 2.11. The smallest absolute Gasteiger partial charge is 0.184 e. The van der Waals surface area contributed by atoms with E-state index in [9.17, 15) is 0 Å². The molecule has 16 heavy (non-hydrogen) atoms. The molecule has 0 amide bonds. The van der Waals surface area contributed by atoms with Gasteiger partial charge in [0.2, 0.25) is 0 Å². The van der Waals surface area contributed by atoms with Crippen LogP contribution in [0.1, 0.15) is 0 Å². The molecule has 0 aliphatic heterocycles. The highest BCUT2D eigenvalue weighted by atomic mass is 35.5. The summed E-state index contributed by atoms with van der Waals surface area (Å²) in [6, 6.07) is 10.1. The van der Waals surface area contributed by atoms with Crippen LogP contribution in [0.4, 0.5) is 5.69 Å². The van der Waals surface area contributed by atoms with Crippen LogP contribution in [0.3, 0.4) is 0 Å². The van der Waals surface area contributed by atoms with Gasteiger partial charge in [0.1, 0.15) is 0 Å². The molecule has 0 fully saturated rings. The lowest BCUT2D eigenvalue weighted by atomic mass is 10.3. The van der Waals surface area contributed by atoms with Crippen LogP contribution in [0.25, 0.3) is 0 Å². The van der Waals surface area contributed by atoms with Crippen LogP contribution in [0.2, 0.25) is 19.6 Å². The maximum absolute atomic E-state index is 5.95. The zero-order valence-electron chi connectivity index (χ0n) is 10.2. The van der Waals surface area contributed by atoms with Gasteiger partial charge >= 0.3 is 0 Å². The van der Waals surface area contributed by atoms with Gasteiger partial charge in [-0.15, -0.1) is 11.6 Å². The standard InChI is InChI=1S/C12H20ClNOSi/c1-16(2,3)15-12(9-13)10-14-11-7-5-4-6-8-11/h4-8,12,14H,9-10H2,1-3H3. The van der Waals surface area contributed by atoms with Crippen molar-refractivity contribution in [2.24, 2.45) is 0 Å². The molecule has 2 nitrogen and oxygen atoms in total. The second-order valence-electron chi connectivity index (χ2n) is 4.75. The molecule has 0 bridgehead atoms. The summed E-state index contributed by atoms with van der Waals surface area (Å²) in [6.45, 7) is 7.29. The van der Waals surface area contributed by atoms with Gasteiger partial charge in [0, 0.05) is 18.1 Å². The van der Waals surface area contributed by atoms with Crippen molar-refractivity contribution in [3.8, 4) is 0 Å². The molecule has 0 aromatic heterocycles. The summed E-state index contributed by atoms with van der Waals surface area (Å²) in [7, 11) is -1.50. The van der Waals surface area contributed by atoms with Gasteiger partial charge < -0.3 is 9.74 Å². The van der Waals surface area contributed by atoms with E-state index in [1.807, 2.05) is 30.3 Å². The Morgan fingerprint density at radius 1 is 1.25 bits per heavy atom. The molecular weight excluding hydrogens is 238 g/mol. The first kappa shape index (κ1) is 13.6. The fourth-order valence-corrected chi connectivity index (χ4v) is 2.86. The number of hydrogen-bond acceptors (Lipinski definition) is 2. The van der Waals surface area contributed by atoms with Crippen molar-refractivity contribution in [1.82, 2.24) is 0 Å². The molecule has 1 atom stereocenters. The molecule has 0 radical (unpaired) electrons. The molecule has 90 valence electrons. The van der Waals surface area contributed by atoms with Crippen LogP contribution in [0, 0.1) is 0 Å². The highest BCUT2D eigenvalue weighted by Gasteiger charge is 2.20. The molecule has 1 unspecified atom stereocenters. The van der Waals surface area contributed by atoms with E-state index < -0.39 is 8.32 Å². The van der Waals surface area contributed by atoms with E-state index >= 15 is 0 Å². The Labute approximate surface area is 104 Å². The van der Waals surface area contributed by atoms with E-state index in [1.54, 1.807) is 0 Å². The van der Waals surface area contributed by atoms with Gasteiger partial charge in [0.15, 0.2) is 8.32 Å². The summed E-state index contributed by atoms with van der Waals surface area (Å²) in [6.07, 6.45) is 0.0912. The van der Waals surface area contributed by atoms with Gasteiger partial charge in [-0.05, 0) is 31.8 Å². The fraction of sp³-hybridized carbons (Fsp3) is 0.500. The zero-order chi connectivity index (χ0) is 12.0. The summed E-state index contributed by atoms with van der Waals surface area (Å²) >= 11 is 5.90. The summed E-state index contributed by atoms with van der Waals surface area (Å²) in [5.74, 6) is 0.532. The number of benzene rings is 1. The van der Waals surface area contributed by atoms with Crippen molar-refractivity contribution >= 4 is 25.6 Å². The third-order valence-electron chi connectivity index (χ3n) is 2.00. The average Bonchev–Trinajstić information content (AvgIpc) is 2.24. The molecular formula is C12H20ClNOSi. The molecule has 0 saturated carbocycles. The molecule has 0 spiro atoms. The number of para-hydroxylation sites is 1. The second kappa shape index (κ2) is 6.28. The number of hydrogen-bond donors (Lipinski definition) is 1. The van der Waals surface area contributed by atoms with Crippen LogP contribution in [0.15, 0.2) is 30.3 Å². The Balaban J connectivity index is 2.40. The molecule has 0 saturated heterocycles. The Hall–Kier alpha value is -0.513. The predicted octanol–water partition coefficient (Wildman–Crippen LogP) is 3.56. The van der Waals surface area contributed by atoms with E-state index in [-0.39, 0.29) is 6.10 Å². The van der Waals surface area contributed by atoms with E-state index in [1.165, 1.54) is 0 Å². The van der Waals surface area contributed by atoms with Gasteiger partial charge in [-0.25, -0.2) is 0 Å². The average molecular weight is 258 g/mol. The van der Waals surface area contributed by atoms with Gasteiger partial charge in [-0.3, -0.25) is 0 Å². The number of nitrogens with one attached hydrogen (secondary N) is 1. The summed E-state index contributed by atoms with van der Waals surface area (Å²) < 4.78 is 5.95. The minimum absolute atomic E-state index is 0.0912. The largest absolute Gasteiger partial charge is 0.412 e. The Morgan fingerprint density at radius 2 is 1.88 bits per heavy atom. The number of rotatable bonds is 6. The number of alkyl halides is 1. The third kappa shape index (κ3) is 5.54. The highest BCUT2D eigenvalue weighted by molar-refractivity contribution is 6.69. The second-order valence-corrected chi connectivity index (χ2v) is 9.52. The number of anilines is 1. The molecule has 1 aromatic carbocycles. The maximum atomic E-state index is 5.95. The van der Waals surface area contributed by atoms with E-state index in [0.717, 1.165) is 12.2 Å². The lowest BCUT2D eigenvalue weighted by Crippen LogP contribution is -2.36. The Kier molecular flexibility index (Phi) is 5.32. The van der Waals surface area contributed by atoms with Crippen LogP contribution < -0.4 is 5.32 Å². The first-order valence-electron chi connectivity index (χ1n) is 5.54. The molecule has 0 heterocycles. The Morgan fingerprint density at radius 3 is 2.38 bits per heavy atom. The SMILES string of the molecule is C[Si](C)(C)OC(CCl)CNc1ccccc1. The molecule has 0 aliphatic carbocycles. The van der Waals surface area contributed by atoms with Gasteiger partial charge in [-0.1, -0.05) is 18.2 Å². The summed E-state index contributed by atoms with van der Waals surface area (Å²) in [5.41, 5.74) is 1.11. The molecule has 1 aromatic rings. The normalized spacial score (nSPS) is 13.5. The van der Waals surface area contributed by atoms with Crippen molar-refractivity contribution in [1.29, 1.82) is 0 Å². The zero-order valence-corrected chi connectivity index (χ0v) is 11.9. The predicted molar refractivity (Wildman–Crippen MR) is 73.9 cm³/mol. The van der Waals surface area contributed by atoms with Crippen LogP contribution in [-0.4, -0.2) is 26.8 Å². The first-order chi connectivity index (χ1) is 7.51. The third-order valence-corrected chi connectivity index (χ3v) is 3.38. The molecule has 1 N–H and O–H groups in total. The number of halogens is 1. The molecule has 0 aliphatic rings. The lowest BCUT2D eigenvalue weighted by molar-refractivity contribution is 0.230. The van der Waals surface area contributed by atoms with Crippen molar-refractivity contribution in [3.05, 3.63) is 30.3 Å². The Bertz CT molecular complexity index is 300. The topological polar surface area (TPSA) is 21.3 Å². The lowest BCUT2D eigenvalue weighted by Gasteiger charge is -2.25. The van der Waals surface area contributed by atoms with Crippen molar-refractivity contribution in [3.63, 3.8) is 0 Å². The minimum atomic E-state index is -1.50. The first-order valence-corrected chi connectivity index (χ1v) is 9.48. The van der Waals surface area contributed by atoms with Crippen LogP contribution in [0.5, 0.6) is 0 Å². The summed E-state index contributed by atoms with van der Waals surface area (Å²) in [4.78, 5) is 0. The molecule has 4 heteroatoms. The summed E-state index contributed by atoms with van der Waals surface area (Å²) in [5, 5.41) is 3.33. The van der Waals surface area contributed by atoms with E-state index in [0.29, 0.717) is 5.88 Å². The maximum Gasteiger partial charge on any atom is 0.184 e. The van der Waals surface area contributed by atoms with Crippen LogP contribution >= 0.6 is 11.6 Å². The van der Waals surface area contributed by atoms with Crippen molar-refractivity contribution in [2.45, 2.75) is 25.7 Å². The quantitative estimate of drug-likeness (QED) is 0.622. The van der Waals surface area contributed by atoms with Crippen LogP contribution in [-0.2, 0) is 4.43 Å². The monoisotopic (exact) mass is 257 g/mol. The van der Waals surface area contributed by atoms with E-state index in [2.05, 4.69) is 25.0 Å². The molecule has 1 rings (SSSR count). The van der Waals surface area contributed by atoms with Gasteiger partial charge in [0.05, 0.1) is 6.10 Å². The van der Waals surface area contributed by atoms with Crippen molar-refractivity contribution in [2.75, 3.05) is 17.7 Å².